The van der Waals surface area contributed by atoms with Crippen molar-refractivity contribution in [2.75, 3.05) is 0 Å². The van der Waals surface area contributed by atoms with E-state index >= 15 is 0 Å². The van der Waals surface area contributed by atoms with E-state index in [1.165, 1.54) is 25.7 Å². The van der Waals surface area contributed by atoms with Crippen LogP contribution in [0.15, 0.2) is 0 Å². The molecule has 0 aromatic heterocycles. The number of hydrogen-bond acceptors (Lipinski definition) is 2. The lowest BCUT2D eigenvalue weighted by atomic mass is 9.88. The summed E-state index contributed by atoms with van der Waals surface area (Å²) in [4.78, 5) is 0. The molecule has 0 aliphatic carbocycles. The Hall–Kier alpha value is -0.0800. The van der Waals surface area contributed by atoms with Gasteiger partial charge in [0.1, 0.15) is 0 Å². The summed E-state index contributed by atoms with van der Waals surface area (Å²) in [6, 6.07) is 0. The van der Waals surface area contributed by atoms with Gasteiger partial charge in [-0.3, -0.25) is 0 Å². The molecule has 2 unspecified atom stereocenters. The lowest BCUT2D eigenvalue weighted by Gasteiger charge is -2.23. The van der Waals surface area contributed by atoms with E-state index < -0.39 is 0 Å². The highest BCUT2D eigenvalue weighted by atomic mass is 16.3. The summed E-state index contributed by atoms with van der Waals surface area (Å²) >= 11 is 0. The number of hydrogen-bond donors (Lipinski definition) is 2. The van der Waals surface area contributed by atoms with Crippen molar-refractivity contribution in [3.05, 3.63) is 0 Å². The van der Waals surface area contributed by atoms with Gasteiger partial charge in [-0.1, -0.05) is 39.5 Å². The Bertz CT molecular complexity index is 149. The Morgan fingerprint density at radius 3 is 1.71 bits per heavy atom. The van der Waals surface area contributed by atoms with Crippen molar-refractivity contribution in [3.8, 4) is 0 Å². The van der Waals surface area contributed by atoms with E-state index in [1.54, 1.807) is 0 Å². The van der Waals surface area contributed by atoms with E-state index in [1.807, 2.05) is 6.92 Å². The maximum absolute atomic E-state index is 10.2. The van der Waals surface area contributed by atoms with Crippen LogP contribution in [0.1, 0.15) is 78.6 Å². The largest absolute Gasteiger partial charge is 0.393 e. The van der Waals surface area contributed by atoms with Crippen molar-refractivity contribution in [1.29, 1.82) is 0 Å². The van der Waals surface area contributed by atoms with Crippen LogP contribution in [0, 0.1) is 5.92 Å². The Morgan fingerprint density at radius 1 is 0.765 bits per heavy atom. The molecule has 0 aliphatic heterocycles. The van der Waals surface area contributed by atoms with Crippen LogP contribution in [0.4, 0.5) is 0 Å². The van der Waals surface area contributed by atoms with Crippen molar-refractivity contribution in [2.45, 2.75) is 90.8 Å². The van der Waals surface area contributed by atoms with Gasteiger partial charge in [0.25, 0.3) is 0 Å². The molecule has 2 atom stereocenters. The number of aliphatic hydroxyl groups excluding tert-OH is 2. The predicted molar refractivity (Wildman–Crippen MR) is 74.1 cm³/mol. The Morgan fingerprint density at radius 2 is 1.29 bits per heavy atom. The SMILES string of the molecule is CCCCC(CCCC)C(O)CCCC(C)O. The van der Waals surface area contributed by atoms with E-state index in [9.17, 15) is 10.2 Å². The average Bonchev–Trinajstić information content (AvgIpc) is 2.28. The van der Waals surface area contributed by atoms with Crippen LogP contribution in [-0.4, -0.2) is 22.4 Å². The van der Waals surface area contributed by atoms with Crippen molar-refractivity contribution >= 4 is 0 Å². The normalized spacial score (nSPS) is 15.2. The van der Waals surface area contributed by atoms with Gasteiger partial charge in [-0.2, -0.15) is 0 Å². The molecule has 2 nitrogen and oxygen atoms in total. The van der Waals surface area contributed by atoms with Gasteiger partial charge in [-0.15, -0.1) is 0 Å². The Balaban J connectivity index is 3.88. The average molecular weight is 244 g/mol. The molecule has 0 heterocycles. The molecule has 104 valence electrons. The third-order valence-electron chi connectivity index (χ3n) is 3.52. The second kappa shape index (κ2) is 11.0. The van der Waals surface area contributed by atoms with Gasteiger partial charge in [0.15, 0.2) is 0 Å². The predicted octanol–water partition coefficient (Wildman–Crippen LogP) is 3.90. The summed E-state index contributed by atoms with van der Waals surface area (Å²) in [7, 11) is 0. The van der Waals surface area contributed by atoms with Gasteiger partial charge in [-0.05, 0) is 44.9 Å². The van der Waals surface area contributed by atoms with E-state index in [0.717, 1.165) is 32.1 Å². The highest BCUT2D eigenvalue weighted by Crippen LogP contribution is 2.23. The molecule has 0 rings (SSSR count). The third kappa shape index (κ3) is 9.61. The van der Waals surface area contributed by atoms with Gasteiger partial charge < -0.3 is 10.2 Å². The second-order valence-corrected chi connectivity index (χ2v) is 5.39. The summed E-state index contributed by atoms with van der Waals surface area (Å²) in [6.45, 7) is 6.23. The van der Waals surface area contributed by atoms with Crippen LogP contribution in [0.2, 0.25) is 0 Å². The van der Waals surface area contributed by atoms with Crippen LogP contribution in [0.5, 0.6) is 0 Å². The standard InChI is InChI=1S/C15H32O2/c1-4-6-10-14(11-7-5-2)15(17)12-8-9-13(3)16/h13-17H,4-12H2,1-3H3. The molecule has 0 spiro atoms. The Labute approximate surface area is 107 Å². The fraction of sp³-hybridized carbons (Fsp3) is 1.00. The zero-order chi connectivity index (χ0) is 13.1. The first-order valence-electron chi connectivity index (χ1n) is 7.47. The van der Waals surface area contributed by atoms with Crippen LogP contribution < -0.4 is 0 Å². The van der Waals surface area contributed by atoms with Crippen molar-refractivity contribution in [1.82, 2.24) is 0 Å². The van der Waals surface area contributed by atoms with Crippen molar-refractivity contribution in [3.63, 3.8) is 0 Å². The van der Waals surface area contributed by atoms with Gasteiger partial charge >= 0.3 is 0 Å². The summed E-state index contributed by atoms with van der Waals surface area (Å²) in [5, 5.41) is 19.4. The highest BCUT2D eigenvalue weighted by Gasteiger charge is 2.17. The molecule has 0 bridgehead atoms. The molecule has 2 N–H and O–H groups in total. The van der Waals surface area contributed by atoms with Crippen molar-refractivity contribution in [2.24, 2.45) is 5.92 Å². The zero-order valence-electron chi connectivity index (χ0n) is 12.0. The molecule has 0 aromatic carbocycles. The Kier molecular flexibility index (Phi) is 11.0. The molecule has 17 heavy (non-hydrogen) atoms. The minimum Gasteiger partial charge on any atom is -0.393 e. The summed E-state index contributed by atoms with van der Waals surface area (Å²) in [5.41, 5.74) is 0. The minimum atomic E-state index is -0.230. The fourth-order valence-electron chi connectivity index (χ4n) is 2.32. The van der Waals surface area contributed by atoms with E-state index in [-0.39, 0.29) is 12.2 Å². The molecule has 0 radical (unpaired) electrons. The van der Waals surface area contributed by atoms with Crippen molar-refractivity contribution < 1.29 is 10.2 Å². The van der Waals surface area contributed by atoms with Gasteiger partial charge in [0.2, 0.25) is 0 Å². The van der Waals surface area contributed by atoms with Gasteiger partial charge in [0.05, 0.1) is 12.2 Å². The first kappa shape index (κ1) is 16.9. The molecule has 0 aliphatic rings. The van der Waals surface area contributed by atoms with Crippen LogP contribution in [0.25, 0.3) is 0 Å². The fourth-order valence-corrected chi connectivity index (χ4v) is 2.32. The zero-order valence-corrected chi connectivity index (χ0v) is 12.0. The third-order valence-corrected chi connectivity index (χ3v) is 3.52. The molecular weight excluding hydrogens is 212 g/mol. The summed E-state index contributed by atoms with van der Waals surface area (Å²) < 4.78 is 0. The highest BCUT2D eigenvalue weighted by molar-refractivity contribution is 4.70. The number of unbranched alkanes of at least 4 members (excludes halogenated alkanes) is 2. The lowest BCUT2D eigenvalue weighted by molar-refractivity contribution is 0.0787. The van der Waals surface area contributed by atoms with Gasteiger partial charge in [0, 0.05) is 0 Å². The number of rotatable bonds is 11. The second-order valence-electron chi connectivity index (χ2n) is 5.39. The van der Waals surface area contributed by atoms with E-state index in [4.69, 9.17) is 0 Å². The lowest BCUT2D eigenvalue weighted by Crippen LogP contribution is -2.21. The van der Waals surface area contributed by atoms with Gasteiger partial charge in [-0.25, -0.2) is 0 Å². The topological polar surface area (TPSA) is 40.5 Å². The summed E-state index contributed by atoms with van der Waals surface area (Å²) in [5.74, 6) is 0.476. The van der Waals surface area contributed by atoms with E-state index in [0.29, 0.717) is 5.92 Å². The van der Waals surface area contributed by atoms with Crippen LogP contribution in [-0.2, 0) is 0 Å². The molecule has 2 heteroatoms. The van der Waals surface area contributed by atoms with Crippen LogP contribution in [0.3, 0.4) is 0 Å². The quantitative estimate of drug-likeness (QED) is 0.579. The molecule has 0 saturated carbocycles. The maximum Gasteiger partial charge on any atom is 0.0568 e. The van der Waals surface area contributed by atoms with E-state index in [2.05, 4.69) is 13.8 Å². The number of aliphatic hydroxyl groups is 2. The maximum atomic E-state index is 10.2. The van der Waals surface area contributed by atoms with Crippen LogP contribution >= 0.6 is 0 Å². The first-order chi connectivity index (χ1) is 8.11. The molecule has 0 saturated heterocycles. The molecule has 0 amide bonds. The smallest absolute Gasteiger partial charge is 0.0568 e. The molecule has 0 fully saturated rings. The summed E-state index contributed by atoms with van der Waals surface area (Å²) in [6.07, 6.45) is 9.40. The molecular formula is C15H32O2. The monoisotopic (exact) mass is 244 g/mol. The molecule has 0 aromatic rings. The first-order valence-corrected chi connectivity index (χ1v) is 7.47. The minimum absolute atomic E-state index is 0.160.